The van der Waals surface area contributed by atoms with Crippen LogP contribution in [0.4, 0.5) is 0 Å². The minimum Gasteiger partial charge on any atom is -0.306 e. The molecule has 0 aromatic rings. The molecule has 0 aromatic heterocycles. The van der Waals surface area contributed by atoms with Crippen LogP contribution in [0, 0.1) is 17.8 Å². The van der Waals surface area contributed by atoms with Crippen molar-refractivity contribution < 1.29 is 0 Å². The molecule has 1 aliphatic carbocycles. The molecule has 1 aliphatic heterocycles. The van der Waals surface area contributed by atoms with Gasteiger partial charge in [-0.1, -0.05) is 13.3 Å². The zero-order valence-corrected chi connectivity index (χ0v) is 6.30. The number of fused-ring (bicyclic) bond motifs is 1. The van der Waals surface area contributed by atoms with Gasteiger partial charge in [-0.2, -0.15) is 0 Å². The highest BCUT2D eigenvalue weighted by Crippen LogP contribution is 2.52. The van der Waals surface area contributed by atoms with E-state index in [1.54, 1.807) is 0 Å². The Bertz CT molecular complexity index is 110. The van der Waals surface area contributed by atoms with Gasteiger partial charge in [0.25, 0.3) is 0 Å². The van der Waals surface area contributed by atoms with Gasteiger partial charge < -0.3 is 4.90 Å². The van der Waals surface area contributed by atoms with Crippen LogP contribution in [0.5, 0.6) is 0 Å². The standard InChI is InChI=1S/C8H15N/c1-3-6-7-4-9(2)5-8(6)7/h6-8H,3-5H2,1-2H3. The quantitative estimate of drug-likeness (QED) is 0.509. The molecule has 2 fully saturated rings. The van der Waals surface area contributed by atoms with Crippen LogP contribution in [0.25, 0.3) is 0 Å². The van der Waals surface area contributed by atoms with Gasteiger partial charge in [-0.25, -0.2) is 0 Å². The fourth-order valence-corrected chi connectivity index (χ4v) is 2.47. The lowest BCUT2D eigenvalue weighted by Gasteiger charge is -2.10. The summed E-state index contributed by atoms with van der Waals surface area (Å²) in [6, 6.07) is 0. The van der Waals surface area contributed by atoms with Crippen molar-refractivity contribution in [3.8, 4) is 0 Å². The number of likely N-dealkylation sites (tertiary alicyclic amines) is 1. The number of rotatable bonds is 1. The lowest BCUT2D eigenvalue weighted by molar-refractivity contribution is 0.342. The SMILES string of the molecule is CCC1C2CN(C)CC12. The molecule has 0 spiro atoms. The molecule has 1 heterocycles. The largest absolute Gasteiger partial charge is 0.306 e. The Kier molecular flexibility index (Phi) is 1.10. The molecule has 1 heteroatoms. The summed E-state index contributed by atoms with van der Waals surface area (Å²) in [5, 5.41) is 0. The van der Waals surface area contributed by atoms with E-state index in [1.807, 2.05) is 0 Å². The molecule has 0 aromatic carbocycles. The van der Waals surface area contributed by atoms with Gasteiger partial charge in [-0.15, -0.1) is 0 Å². The molecule has 0 radical (unpaired) electrons. The Morgan fingerprint density at radius 3 is 2.33 bits per heavy atom. The summed E-state index contributed by atoms with van der Waals surface area (Å²) < 4.78 is 0. The average molecular weight is 125 g/mol. The molecule has 1 saturated carbocycles. The Morgan fingerprint density at radius 1 is 1.33 bits per heavy atom. The van der Waals surface area contributed by atoms with E-state index in [1.165, 1.54) is 19.5 Å². The van der Waals surface area contributed by atoms with Crippen LogP contribution in [0.3, 0.4) is 0 Å². The second-order valence-corrected chi connectivity index (χ2v) is 3.62. The molecule has 1 nitrogen and oxygen atoms in total. The molecule has 0 bridgehead atoms. The first-order chi connectivity index (χ1) is 4.33. The molecule has 0 amide bonds. The maximum atomic E-state index is 2.46. The lowest BCUT2D eigenvalue weighted by Crippen LogP contribution is -2.18. The van der Waals surface area contributed by atoms with Crippen molar-refractivity contribution in [2.45, 2.75) is 13.3 Å². The monoisotopic (exact) mass is 125 g/mol. The molecular formula is C8H15N. The van der Waals surface area contributed by atoms with E-state index in [9.17, 15) is 0 Å². The van der Waals surface area contributed by atoms with E-state index in [2.05, 4.69) is 18.9 Å². The molecule has 1 saturated heterocycles. The van der Waals surface area contributed by atoms with Crippen molar-refractivity contribution in [2.75, 3.05) is 20.1 Å². The Hall–Kier alpha value is -0.0400. The maximum Gasteiger partial charge on any atom is 0.00127 e. The Balaban J connectivity index is 1.91. The highest BCUT2D eigenvalue weighted by molar-refractivity contribution is 5.03. The first-order valence-electron chi connectivity index (χ1n) is 4.01. The Morgan fingerprint density at radius 2 is 1.89 bits per heavy atom. The van der Waals surface area contributed by atoms with Gasteiger partial charge in [0.1, 0.15) is 0 Å². The van der Waals surface area contributed by atoms with Gasteiger partial charge in [-0.3, -0.25) is 0 Å². The molecular weight excluding hydrogens is 110 g/mol. The fourth-order valence-electron chi connectivity index (χ4n) is 2.47. The zero-order valence-electron chi connectivity index (χ0n) is 6.30. The predicted octanol–water partition coefficient (Wildman–Crippen LogP) is 1.20. The highest BCUT2D eigenvalue weighted by atomic mass is 15.2. The maximum absolute atomic E-state index is 2.46. The van der Waals surface area contributed by atoms with Crippen LogP contribution in [0.15, 0.2) is 0 Å². The van der Waals surface area contributed by atoms with E-state index in [0.717, 1.165) is 17.8 Å². The first-order valence-corrected chi connectivity index (χ1v) is 4.01. The number of nitrogens with zero attached hydrogens (tertiary/aromatic N) is 1. The van der Waals surface area contributed by atoms with Gasteiger partial charge in [-0.05, 0) is 24.8 Å². The summed E-state index contributed by atoms with van der Waals surface area (Å²) >= 11 is 0. The third-order valence-electron chi connectivity index (χ3n) is 3.03. The van der Waals surface area contributed by atoms with Gasteiger partial charge in [0.05, 0.1) is 0 Å². The fraction of sp³-hybridized carbons (Fsp3) is 1.00. The van der Waals surface area contributed by atoms with Gasteiger partial charge in [0.15, 0.2) is 0 Å². The minimum absolute atomic E-state index is 1.10. The van der Waals surface area contributed by atoms with Crippen LogP contribution >= 0.6 is 0 Å². The van der Waals surface area contributed by atoms with Gasteiger partial charge >= 0.3 is 0 Å². The molecule has 52 valence electrons. The van der Waals surface area contributed by atoms with Crippen molar-refractivity contribution >= 4 is 0 Å². The molecule has 2 aliphatic rings. The van der Waals surface area contributed by atoms with Crippen LogP contribution in [0.2, 0.25) is 0 Å². The molecule has 2 rings (SSSR count). The Labute approximate surface area is 57.0 Å². The van der Waals surface area contributed by atoms with Gasteiger partial charge in [0, 0.05) is 13.1 Å². The number of piperidine rings is 1. The smallest absolute Gasteiger partial charge is 0.00127 e. The summed E-state index contributed by atoms with van der Waals surface area (Å²) in [5.74, 6) is 3.31. The molecule has 0 N–H and O–H groups in total. The minimum atomic E-state index is 1.10. The normalized spacial score (nSPS) is 49.3. The lowest BCUT2D eigenvalue weighted by atomic mass is 10.2. The second-order valence-electron chi connectivity index (χ2n) is 3.62. The summed E-state index contributed by atoms with van der Waals surface area (Å²) in [5.41, 5.74) is 0. The molecule has 2 unspecified atom stereocenters. The first kappa shape index (κ1) is 5.72. The predicted molar refractivity (Wildman–Crippen MR) is 38.3 cm³/mol. The van der Waals surface area contributed by atoms with Crippen LogP contribution in [-0.4, -0.2) is 25.0 Å². The topological polar surface area (TPSA) is 3.24 Å². The van der Waals surface area contributed by atoms with Gasteiger partial charge in [0.2, 0.25) is 0 Å². The van der Waals surface area contributed by atoms with E-state index in [0.29, 0.717) is 0 Å². The van der Waals surface area contributed by atoms with E-state index >= 15 is 0 Å². The van der Waals surface area contributed by atoms with Crippen LogP contribution in [0.1, 0.15) is 13.3 Å². The van der Waals surface area contributed by atoms with E-state index in [4.69, 9.17) is 0 Å². The van der Waals surface area contributed by atoms with E-state index in [-0.39, 0.29) is 0 Å². The third-order valence-corrected chi connectivity index (χ3v) is 3.03. The number of hydrogen-bond acceptors (Lipinski definition) is 1. The van der Waals surface area contributed by atoms with Crippen molar-refractivity contribution in [3.05, 3.63) is 0 Å². The van der Waals surface area contributed by atoms with E-state index < -0.39 is 0 Å². The zero-order chi connectivity index (χ0) is 6.43. The average Bonchev–Trinajstić information content (AvgIpc) is 2.30. The summed E-state index contributed by atoms with van der Waals surface area (Å²) in [7, 11) is 2.24. The molecule has 2 atom stereocenters. The number of hydrogen-bond donors (Lipinski definition) is 0. The highest BCUT2D eigenvalue weighted by Gasteiger charge is 2.53. The second kappa shape index (κ2) is 1.72. The summed E-state index contributed by atoms with van der Waals surface area (Å²) in [6.07, 6.45) is 1.42. The van der Waals surface area contributed by atoms with Crippen molar-refractivity contribution in [3.63, 3.8) is 0 Å². The van der Waals surface area contributed by atoms with Crippen LogP contribution < -0.4 is 0 Å². The van der Waals surface area contributed by atoms with Crippen molar-refractivity contribution in [1.29, 1.82) is 0 Å². The summed E-state index contributed by atoms with van der Waals surface area (Å²) in [4.78, 5) is 2.46. The third kappa shape index (κ3) is 0.710. The van der Waals surface area contributed by atoms with Crippen molar-refractivity contribution in [2.24, 2.45) is 17.8 Å². The van der Waals surface area contributed by atoms with Crippen LogP contribution in [-0.2, 0) is 0 Å². The molecule has 9 heavy (non-hydrogen) atoms. The summed E-state index contributed by atoms with van der Waals surface area (Å²) in [6.45, 7) is 5.08. The van der Waals surface area contributed by atoms with Crippen molar-refractivity contribution in [1.82, 2.24) is 4.90 Å².